The second-order valence-electron chi connectivity index (χ2n) is 5.70. The van der Waals surface area contributed by atoms with Gasteiger partial charge in [0.25, 0.3) is 11.8 Å². The molecule has 0 saturated carbocycles. The molecular formula is C15H17N3O3S. The fraction of sp³-hybridized carbons (Fsp3) is 0.400. The number of thiophene rings is 1. The Balaban J connectivity index is 1.93. The predicted molar refractivity (Wildman–Crippen MR) is 83.2 cm³/mol. The van der Waals surface area contributed by atoms with Crippen LogP contribution < -0.4 is 11.1 Å². The third-order valence-electron chi connectivity index (χ3n) is 3.85. The van der Waals surface area contributed by atoms with Gasteiger partial charge in [0.2, 0.25) is 0 Å². The fourth-order valence-electron chi connectivity index (χ4n) is 2.74. The summed E-state index contributed by atoms with van der Waals surface area (Å²) in [5, 5.41) is 6.94. The van der Waals surface area contributed by atoms with Gasteiger partial charge in [0.15, 0.2) is 5.69 Å². The van der Waals surface area contributed by atoms with E-state index in [9.17, 15) is 9.59 Å². The zero-order chi connectivity index (χ0) is 15.9. The molecule has 1 aliphatic rings. The van der Waals surface area contributed by atoms with Crippen molar-refractivity contribution in [2.75, 3.05) is 5.32 Å². The molecule has 0 spiro atoms. The van der Waals surface area contributed by atoms with Crippen LogP contribution in [0.1, 0.15) is 50.4 Å². The van der Waals surface area contributed by atoms with Crippen LogP contribution in [0.25, 0.3) is 0 Å². The summed E-state index contributed by atoms with van der Waals surface area (Å²) in [6.45, 7) is 3.90. The van der Waals surface area contributed by atoms with Crippen molar-refractivity contribution < 1.29 is 14.1 Å². The van der Waals surface area contributed by atoms with Gasteiger partial charge in [-0.1, -0.05) is 12.1 Å². The maximum Gasteiger partial charge on any atom is 0.278 e. The molecular weight excluding hydrogens is 302 g/mol. The number of hydrogen-bond donors (Lipinski definition) is 2. The van der Waals surface area contributed by atoms with Crippen LogP contribution in [0.3, 0.4) is 0 Å². The Kier molecular flexibility index (Phi) is 3.74. The van der Waals surface area contributed by atoms with E-state index in [-0.39, 0.29) is 5.69 Å². The molecule has 2 aromatic rings. The van der Waals surface area contributed by atoms with Crippen LogP contribution >= 0.6 is 11.3 Å². The Morgan fingerprint density at radius 3 is 2.91 bits per heavy atom. The Labute approximate surface area is 131 Å². The highest BCUT2D eigenvalue weighted by molar-refractivity contribution is 7.17. The van der Waals surface area contributed by atoms with E-state index in [2.05, 4.69) is 17.4 Å². The van der Waals surface area contributed by atoms with Crippen LogP contribution in [-0.4, -0.2) is 17.0 Å². The van der Waals surface area contributed by atoms with Crippen molar-refractivity contribution in [3.63, 3.8) is 0 Å². The highest BCUT2D eigenvalue weighted by atomic mass is 32.1. The third-order valence-corrected chi connectivity index (χ3v) is 5.02. The van der Waals surface area contributed by atoms with Gasteiger partial charge < -0.3 is 15.6 Å². The molecule has 2 aromatic heterocycles. The van der Waals surface area contributed by atoms with Crippen LogP contribution in [-0.2, 0) is 12.8 Å². The van der Waals surface area contributed by atoms with Crippen molar-refractivity contribution in [3.8, 4) is 0 Å². The molecule has 2 heterocycles. The molecule has 0 aromatic carbocycles. The number of aryl methyl sites for hydroxylation is 1. The highest BCUT2D eigenvalue weighted by Gasteiger charge is 2.27. The molecule has 1 aliphatic carbocycles. The second-order valence-corrected chi connectivity index (χ2v) is 6.80. The van der Waals surface area contributed by atoms with Crippen molar-refractivity contribution in [3.05, 3.63) is 33.5 Å². The maximum atomic E-state index is 12.2. The van der Waals surface area contributed by atoms with Crippen molar-refractivity contribution in [1.82, 2.24) is 5.16 Å². The number of primary amides is 1. The van der Waals surface area contributed by atoms with Gasteiger partial charge in [-0.25, -0.2) is 0 Å². The van der Waals surface area contributed by atoms with Crippen LogP contribution in [0.15, 0.2) is 10.6 Å². The van der Waals surface area contributed by atoms with E-state index in [0.717, 1.165) is 29.7 Å². The number of nitrogens with two attached hydrogens (primary N) is 1. The molecule has 116 valence electrons. The molecule has 0 unspecified atom stereocenters. The van der Waals surface area contributed by atoms with Crippen LogP contribution in [0.4, 0.5) is 5.00 Å². The first-order chi connectivity index (χ1) is 10.5. The summed E-state index contributed by atoms with van der Waals surface area (Å²) in [4.78, 5) is 25.1. The average Bonchev–Trinajstić information content (AvgIpc) is 3.01. The van der Waals surface area contributed by atoms with Gasteiger partial charge in [-0.15, -0.1) is 11.3 Å². The Bertz CT molecular complexity index is 747. The molecule has 0 fully saturated rings. The number of hydrogen-bond acceptors (Lipinski definition) is 5. The highest BCUT2D eigenvalue weighted by Crippen LogP contribution is 2.39. The molecule has 3 rings (SSSR count). The van der Waals surface area contributed by atoms with E-state index >= 15 is 0 Å². The number of carbonyl (C=O) groups is 2. The fourth-order valence-corrected chi connectivity index (χ4v) is 4.15. The molecule has 22 heavy (non-hydrogen) atoms. The van der Waals surface area contributed by atoms with Gasteiger partial charge in [-0.05, 0) is 37.7 Å². The summed E-state index contributed by atoms with van der Waals surface area (Å²) in [6, 6.07) is 1.55. The van der Waals surface area contributed by atoms with Crippen molar-refractivity contribution in [2.24, 2.45) is 11.7 Å². The van der Waals surface area contributed by atoms with E-state index in [0.29, 0.717) is 22.2 Å². The maximum absolute atomic E-state index is 12.2. The van der Waals surface area contributed by atoms with E-state index in [1.165, 1.54) is 11.3 Å². The summed E-state index contributed by atoms with van der Waals surface area (Å²) in [5.74, 6) is 0.234. The summed E-state index contributed by atoms with van der Waals surface area (Å²) in [6.07, 6.45) is 2.77. The van der Waals surface area contributed by atoms with Crippen molar-refractivity contribution >= 4 is 28.2 Å². The SMILES string of the molecule is Cc1cc(C(=O)Nc2sc3c(c2C(N)=O)CC[C@H](C)C3)no1. The standard InChI is InChI=1S/C15H17N3O3S/c1-7-3-4-9-11(5-7)22-15(12(9)13(16)19)17-14(20)10-6-8(2)21-18-10/h6-7H,3-5H2,1-2H3,(H2,16,19)(H,17,20)/t7-/m0/s1. The van der Waals surface area contributed by atoms with Gasteiger partial charge in [-0.2, -0.15) is 0 Å². The zero-order valence-electron chi connectivity index (χ0n) is 12.4. The summed E-state index contributed by atoms with van der Waals surface area (Å²) in [7, 11) is 0. The van der Waals surface area contributed by atoms with Gasteiger partial charge in [0.05, 0.1) is 5.56 Å². The minimum atomic E-state index is -0.501. The first-order valence-corrected chi connectivity index (χ1v) is 7.96. The number of nitrogens with zero attached hydrogens (tertiary/aromatic N) is 1. The Hall–Kier alpha value is -2.15. The molecule has 0 radical (unpaired) electrons. The summed E-state index contributed by atoms with van der Waals surface area (Å²) < 4.78 is 4.90. The number of amides is 2. The summed E-state index contributed by atoms with van der Waals surface area (Å²) in [5.41, 5.74) is 7.14. The van der Waals surface area contributed by atoms with Crippen LogP contribution in [0, 0.1) is 12.8 Å². The minimum absolute atomic E-state index is 0.188. The van der Waals surface area contributed by atoms with Gasteiger partial charge in [0, 0.05) is 10.9 Å². The normalized spacial score (nSPS) is 17.1. The minimum Gasteiger partial charge on any atom is -0.365 e. The lowest BCUT2D eigenvalue weighted by Gasteiger charge is -2.18. The lowest BCUT2D eigenvalue weighted by molar-refractivity contribution is 0.1000. The largest absolute Gasteiger partial charge is 0.365 e. The van der Waals surface area contributed by atoms with Crippen LogP contribution in [0.2, 0.25) is 0 Å². The predicted octanol–water partition coefficient (Wildman–Crippen LogP) is 2.52. The number of aromatic nitrogens is 1. The van der Waals surface area contributed by atoms with Crippen LogP contribution in [0.5, 0.6) is 0 Å². The molecule has 6 nitrogen and oxygen atoms in total. The summed E-state index contributed by atoms with van der Waals surface area (Å²) >= 11 is 1.43. The molecule has 0 bridgehead atoms. The van der Waals surface area contributed by atoms with Gasteiger partial charge >= 0.3 is 0 Å². The van der Waals surface area contributed by atoms with E-state index < -0.39 is 11.8 Å². The third kappa shape index (κ3) is 2.64. The average molecular weight is 319 g/mol. The second kappa shape index (κ2) is 5.57. The van der Waals surface area contributed by atoms with E-state index in [1.807, 2.05) is 0 Å². The lowest BCUT2D eigenvalue weighted by Crippen LogP contribution is -2.19. The lowest BCUT2D eigenvalue weighted by atomic mass is 9.88. The number of carbonyl (C=O) groups excluding carboxylic acids is 2. The first kappa shape index (κ1) is 14.8. The number of anilines is 1. The Morgan fingerprint density at radius 1 is 1.50 bits per heavy atom. The molecule has 1 atom stereocenters. The van der Waals surface area contributed by atoms with E-state index in [1.54, 1.807) is 13.0 Å². The monoisotopic (exact) mass is 319 g/mol. The van der Waals surface area contributed by atoms with Crippen molar-refractivity contribution in [1.29, 1.82) is 0 Å². The number of nitrogens with one attached hydrogen (secondary N) is 1. The molecule has 3 N–H and O–H groups in total. The Morgan fingerprint density at radius 2 is 2.27 bits per heavy atom. The molecule has 0 saturated heterocycles. The van der Waals surface area contributed by atoms with E-state index in [4.69, 9.17) is 10.3 Å². The first-order valence-electron chi connectivity index (χ1n) is 7.14. The topological polar surface area (TPSA) is 98.2 Å². The quantitative estimate of drug-likeness (QED) is 0.908. The zero-order valence-corrected chi connectivity index (χ0v) is 13.3. The molecule has 2 amide bonds. The van der Waals surface area contributed by atoms with Gasteiger partial charge in [0.1, 0.15) is 10.8 Å². The number of rotatable bonds is 3. The van der Waals surface area contributed by atoms with Crippen molar-refractivity contribution in [2.45, 2.75) is 33.1 Å². The van der Waals surface area contributed by atoms with Gasteiger partial charge in [-0.3, -0.25) is 9.59 Å². The smallest absolute Gasteiger partial charge is 0.278 e. The molecule has 7 heteroatoms. The molecule has 0 aliphatic heterocycles. The number of fused-ring (bicyclic) bond motifs is 1.